The number of rotatable bonds is 5. The topological polar surface area (TPSA) is 101 Å². The lowest BCUT2D eigenvalue weighted by Gasteiger charge is -2.31. The van der Waals surface area contributed by atoms with Crippen molar-refractivity contribution in [3.05, 3.63) is 29.8 Å². The van der Waals surface area contributed by atoms with Gasteiger partial charge in [0.1, 0.15) is 0 Å². The molecule has 1 amide bonds. The zero-order valence-corrected chi connectivity index (χ0v) is 14.9. The van der Waals surface area contributed by atoms with Gasteiger partial charge in [-0.15, -0.1) is 0 Å². The Kier molecular flexibility index (Phi) is 5.03. The van der Waals surface area contributed by atoms with Crippen molar-refractivity contribution in [3.8, 4) is 0 Å². The Hall–Kier alpha value is -1.89. The highest BCUT2D eigenvalue weighted by Crippen LogP contribution is 2.35. The normalized spacial score (nSPS) is 21.0. The van der Waals surface area contributed by atoms with Crippen molar-refractivity contribution < 1.29 is 23.1 Å². The summed E-state index contributed by atoms with van der Waals surface area (Å²) in [6.07, 6.45) is 1.07. The number of carboxylic acids is 1. The van der Waals surface area contributed by atoms with E-state index in [1.807, 2.05) is 0 Å². The molecule has 1 fully saturated rings. The van der Waals surface area contributed by atoms with Gasteiger partial charge in [0.05, 0.1) is 22.3 Å². The smallest absolute Gasteiger partial charge is 0.307 e. The number of carboxylic acid groups (broad SMARTS) is 1. The van der Waals surface area contributed by atoms with E-state index < -0.39 is 32.4 Å². The van der Waals surface area contributed by atoms with Crippen LogP contribution in [0.4, 0.5) is 5.69 Å². The highest BCUT2D eigenvalue weighted by Gasteiger charge is 2.41. The number of carbonyl (C=O) groups excluding carboxylic acids is 1. The highest BCUT2D eigenvalue weighted by atomic mass is 32.2. The quantitative estimate of drug-likeness (QED) is 0.847. The third-order valence-corrected chi connectivity index (χ3v) is 6.99. The molecular weight excluding hydrogens is 330 g/mol. The van der Waals surface area contributed by atoms with Gasteiger partial charge in [0.15, 0.2) is 9.84 Å². The van der Waals surface area contributed by atoms with E-state index in [-0.39, 0.29) is 11.7 Å². The molecule has 24 heavy (non-hydrogen) atoms. The monoisotopic (exact) mass is 353 g/mol. The molecule has 1 aliphatic rings. The molecule has 0 aliphatic heterocycles. The average Bonchev–Trinajstić information content (AvgIpc) is 2.34. The van der Waals surface area contributed by atoms with Crippen LogP contribution in [0.3, 0.4) is 0 Å². The third-order valence-electron chi connectivity index (χ3n) is 4.41. The van der Waals surface area contributed by atoms with E-state index in [9.17, 15) is 18.0 Å². The van der Waals surface area contributed by atoms with E-state index in [4.69, 9.17) is 5.11 Å². The minimum atomic E-state index is -3.32. The first-order valence-electron chi connectivity index (χ1n) is 7.86. The molecule has 1 aromatic carbocycles. The molecule has 2 unspecified atom stereocenters. The van der Waals surface area contributed by atoms with Gasteiger partial charge in [-0.3, -0.25) is 9.59 Å². The van der Waals surface area contributed by atoms with Crippen molar-refractivity contribution in [3.63, 3.8) is 0 Å². The molecule has 0 spiro atoms. The summed E-state index contributed by atoms with van der Waals surface area (Å²) in [5.74, 6) is -2.55. The number of nitrogens with one attached hydrogen (secondary N) is 1. The Balaban J connectivity index is 2.09. The van der Waals surface area contributed by atoms with Gasteiger partial charge in [0.25, 0.3) is 0 Å². The van der Waals surface area contributed by atoms with Crippen molar-refractivity contribution >= 4 is 27.4 Å². The summed E-state index contributed by atoms with van der Waals surface area (Å²) in [5.41, 5.74) is 1.07. The van der Waals surface area contributed by atoms with E-state index in [0.29, 0.717) is 24.1 Å². The Labute approximate surface area is 142 Å². The molecule has 0 aromatic heterocycles. The van der Waals surface area contributed by atoms with Crippen LogP contribution < -0.4 is 5.32 Å². The fourth-order valence-corrected chi connectivity index (χ4v) is 3.57. The van der Waals surface area contributed by atoms with Gasteiger partial charge in [-0.2, -0.15) is 0 Å². The van der Waals surface area contributed by atoms with E-state index >= 15 is 0 Å². The lowest BCUT2D eigenvalue weighted by Crippen LogP contribution is -2.41. The van der Waals surface area contributed by atoms with Crippen molar-refractivity contribution in [2.45, 2.75) is 44.1 Å². The molecule has 2 N–H and O–H groups in total. The van der Waals surface area contributed by atoms with E-state index in [1.54, 1.807) is 45.0 Å². The summed E-state index contributed by atoms with van der Waals surface area (Å²) in [6, 6.07) is 6.66. The van der Waals surface area contributed by atoms with Crippen LogP contribution in [0, 0.1) is 11.8 Å². The van der Waals surface area contributed by atoms with Gasteiger partial charge in [-0.25, -0.2) is 8.42 Å². The first kappa shape index (κ1) is 18.4. The standard InChI is InChI=1S/C17H23NO5S/c1-17(2,3)24(22,23)10-11-5-4-6-12(9-11)18-15(19)13-7-8-14(13)16(20)21/h4-6,9,13-14H,7-8,10H2,1-3H3,(H,18,19)(H,20,21). The van der Waals surface area contributed by atoms with Crippen LogP contribution >= 0.6 is 0 Å². The zero-order chi connectivity index (χ0) is 18.1. The second kappa shape index (κ2) is 6.55. The molecule has 0 bridgehead atoms. The Morgan fingerprint density at radius 2 is 1.83 bits per heavy atom. The summed E-state index contributed by atoms with van der Waals surface area (Å²) < 4.78 is 23.7. The van der Waals surface area contributed by atoms with E-state index in [2.05, 4.69) is 5.32 Å². The molecule has 0 radical (unpaired) electrons. The second-order valence-corrected chi connectivity index (χ2v) is 9.93. The van der Waals surface area contributed by atoms with Crippen molar-refractivity contribution in [1.29, 1.82) is 0 Å². The molecular formula is C17H23NO5S. The molecule has 132 valence electrons. The molecule has 6 nitrogen and oxygen atoms in total. The maximum absolute atomic E-state index is 12.3. The number of hydrogen-bond donors (Lipinski definition) is 2. The summed E-state index contributed by atoms with van der Waals surface area (Å²) in [6.45, 7) is 4.95. The van der Waals surface area contributed by atoms with Gasteiger partial charge in [0, 0.05) is 5.69 Å². The first-order valence-corrected chi connectivity index (χ1v) is 9.51. The number of hydrogen-bond acceptors (Lipinski definition) is 4. The maximum atomic E-state index is 12.3. The highest BCUT2D eigenvalue weighted by molar-refractivity contribution is 7.91. The number of aliphatic carboxylic acids is 1. The number of anilines is 1. The van der Waals surface area contributed by atoms with Crippen LogP contribution in [0.15, 0.2) is 24.3 Å². The first-order chi connectivity index (χ1) is 11.0. The Bertz CT molecular complexity index is 748. The molecule has 0 heterocycles. The number of sulfone groups is 1. The maximum Gasteiger partial charge on any atom is 0.307 e. The van der Waals surface area contributed by atoms with Crippen molar-refractivity contribution in [2.24, 2.45) is 11.8 Å². The predicted octanol–water partition coefficient (Wildman–Crippen LogP) is 2.45. The average molecular weight is 353 g/mol. The summed E-state index contributed by atoms with van der Waals surface area (Å²) in [4.78, 5) is 23.2. The van der Waals surface area contributed by atoms with E-state index in [1.165, 1.54) is 0 Å². The lowest BCUT2D eigenvalue weighted by molar-refractivity contribution is -0.151. The molecule has 2 rings (SSSR count). The fraction of sp³-hybridized carbons (Fsp3) is 0.529. The van der Waals surface area contributed by atoms with Gasteiger partial charge >= 0.3 is 5.97 Å². The second-order valence-electron chi connectivity index (χ2n) is 7.19. The van der Waals surface area contributed by atoms with Crippen LogP contribution in [-0.4, -0.2) is 30.1 Å². The van der Waals surface area contributed by atoms with Gasteiger partial charge in [0.2, 0.25) is 5.91 Å². The molecule has 7 heteroatoms. The SMILES string of the molecule is CC(C)(C)S(=O)(=O)Cc1cccc(NC(=O)C2CCC2C(=O)O)c1. The van der Waals surface area contributed by atoms with Crippen LogP contribution in [0.5, 0.6) is 0 Å². The van der Waals surface area contributed by atoms with Gasteiger partial charge < -0.3 is 10.4 Å². The zero-order valence-electron chi connectivity index (χ0n) is 14.1. The number of benzene rings is 1. The minimum Gasteiger partial charge on any atom is -0.481 e. The predicted molar refractivity (Wildman–Crippen MR) is 91.3 cm³/mol. The largest absolute Gasteiger partial charge is 0.481 e. The Morgan fingerprint density at radius 1 is 1.21 bits per heavy atom. The van der Waals surface area contributed by atoms with Crippen LogP contribution in [0.1, 0.15) is 39.2 Å². The summed E-state index contributed by atoms with van der Waals surface area (Å²) in [7, 11) is -3.32. The molecule has 1 aliphatic carbocycles. The van der Waals surface area contributed by atoms with Crippen LogP contribution in [-0.2, 0) is 25.2 Å². The number of amides is 1. The third kappa shape index (κ3) is 3.95. The molecule has 1 saturated carbocycles. The Morgan fingerprint density at radius 3 is 2.33 bits per heavy atom. The lowest BCUT2D eigenvalue weighted by atomic mass is 9.73. The minimum absolute atomic E-state index is 0.110. The van der Waals surface area contributed by atoms with Crippen molar-refractivity contribution in [2.75, 3.05) is 5.32 Å². The molecule has 1 aromatic rings. The van der Waals surface area contributed by atoms with Crippen LogP contribution in [0.2, 0.25) is 0 Å². The number of carbonyl (C=O) groups is 2. The summed E-state index contributed by atoms with van der Waals surface area (Å²) >= 11 is 0. The summed E-state index contributed by atoms with van der Waals surface area (Å²) in [5, 5.41) is 11.7. The van der Waals surface area contributed by atoms with Crippen LogP contribution in [0.25, 0.3) is 0 Å². The van der Waals surface area contributed by atoms with Gasteiger partial charge in [-0.1, -0.05) is 12.1 Å². The molecule has 2 atom stereocenters. The van der Waals surface area contributed by atoms with E-state index in [0.717, 1.165) is 0 Å². The fourth-order valence-electron chi connectivity index (χ4n) is 2.52. The molecule has 0 saturated heterocycles. The van der Waals surface area contributed by atoms with Crippen molar-refractivity contribution in [1.82, 2.24) is 0 Å². The van der Waals surface area contributed by atoms with Gasteiger partial charge in [-0.05, 0) is 51.3 Å².